The van der Waals surface area contributed by atoms with Crippen LogP contribution >= 0.6 is 34.7 Å². The van der Waals surface area contributed by atoms with Gasteiger partial charge in [-0.1, -0.05) is 53.7 Å². The van der Waals surface area contributed by atoms with Crippen molar-refractivity contribution in [2.75, 3.05) is 19.0 Å². The Morgan fingerprint density at radius 1 is 1.10 bits per heavy atom. The van der Waals surface area contributed by atoms with E-state index >= 15 is 0 Å². The highest BCUT2D eigenvalue weighted by Gasteiger charge is 2.15. The van der Waals surface area contributed by atoms with E-state index < -0.39 is 0 Å². The summed E-state index contributed by atoms with van der Waals surface area (Å²) >= 11 is 9.57. The molecule has 0 aliphatic heterocycles. The SMILES string of the molecule is CCn1c(SCc2csc(-c3ccccc3Cl)n2)nnc1-c1cccc(N(C)C)c1. The van der Waals surface area contributed by atoms with Gasteiger partial charge in [0.2, 0.25) is 0 Å². The first kappa shape index (κ1) is 20.9. The van der Waals surface area contributed by atoms with Crippen LogP contribution in [-0.4, -0.2) is 33.8 Å². The Morgan fingerprint density at radius 2 is 1.93 bits per heavy atom. The predicted octanol–water partition coefficient (Wildman–Crippen LogP) is 6.10. The molecule has 0 radical (unpaired) electrons. The largest absolute Gasteiger partial charge is 0.378 e. The average Bonchev–Trinajstić information content (AvgIpc) is 3.39. The number of hydrogen-bond donors (Lipinski definition) is 0. The molecule has 2 aromatic carbocycles. The topological polar surface area (TPSA) is 46.8 Å². The Bertz CT molecular complexity index is 1150. The standard InChI is InChI=1S/C22H22ClN5S2/c1-4-28-20(15-8-7-9-17(12-15)27(2)3)25-26-22(28)30-14-16-13-29-21(24-16)18-10-5-6-11-19(18)23/h5-13H,4,14H2,1-3H3. The zero-order chi connectivity index (χ0) is 21.1. The van der Waals surface area contributed by atoms with Crippen molar-refractivity contribution in [1.29, 1.82) is 0 Å². The number of thiazole rings is 1. The first-order chi connectivity index (χ1) is 14.6. The smallest absolute Gasteiger partial charge is 0.191 e. The van der Waals surface area contributed by atoms with Crippen LogP contribution in [0.25, 0.3) is 22.0 Å². The van der Waals surface area contributed by atoms with Crippen LogP contribution in [0.1, 0.15) is 12.6 Å². The monoisotopic (exact) mass is 455 g/mol. The van der Waals surface area contributed by atoms with Crippen molar-refractivity contribution >= 4 is 40.4 Å². The van der Waals surface area contributed by atoms with Crippen molar-refractivity contribution in [2.24, 2.45) is 0 Å². The maximum atomic E-state index is 6.31. The van der Waals surface area contributed by atoms with Gasteiger partial charge in [0.15, 0.2) is 11.0 Å². The van der Waals surface area contributed by atoms with Crippen LogP contribution in [0.5, 0.6) is 0 Å². The summed E-state index contributed by atoms with van der Waals surface area (Å²) in [6, 6.07) is 16.2. The molecule has 0 N–H and O–H groups in total. The van der Waals surface area contributed by atoms with Crippen LogP contribution in [0.3, 0.4) is 0 Å². The van der Waals surface area contributed by atoms with Crippen LogP contribution in [0.15, 0.2) is 59.1 Å². The van der Waals surface area contributed by atoms with Gasteiger partial charge in [-0.2, -0.15) is 0 Å². The highest BCUT2D eigenvalue weighted by molar-refractivity contribution is 7.98. The number of anilines is 1. The third-order valence-electron chi connectivity index (χ3n) is 4.66. The number of benzene rings is 2. The van der Waals surface area contributed by atoms with E-state index in [1.54, 1.807) is 23.1 Å². The van der Waals surface area contributed by atoms with Gasteiger partial charge in [0.1, 0.15) is 5.01 Å². The van der Waals surface area contributed by atoms with E-state index in [0.29, 0.717) is 0 Å². The van der Waals surface area contributed by atoms with Gasteiger partial charge in [0, 0.05) is 48.6 Å². The van der Waals surface area contributed by atoms with Gasteiger partial charge in [0.05, 0.1) is 10.7 Å². The molecule has 0 atom stereocenters. The van der Waals surface area contributed by atoms with Gasteiger partial charge in [-0.05, 0) is 25.1 Å². The van der Waals surface area contributed by atoms with E-state index in [2.05, 4.69) is 56.2 Å². The van der Waals surface area contributed by atoms with E-state index in [0.717, 1.165) is 55.8 Å². The van der Waals surface area contributed by atoms with Crippen LogP contribution in [0.2, 0.25) is 5.02 Å². The van der Waals surface area contributed by atoms with Crippen molar-refractivity contribution in [3.05, 3.63) is 64.6 Å². The van der Waals surface area contributed by atoms with Crippen LogP contribution in [-0.2, 0) is 12.3 Å². The Hall–Kier alpha value is -2.35. The van der Waals surface area contributed by atoms with Crippen molar-refractivity contribution in [1.82, 2.24) is 19.7 Å². The number of aromatic nitrogens is 4. The maximum absolute atomic E-state index is 6.31. The van der Waals surface area contributed by atoms with Crippen molar-refractivity contribution in [3.63, 3.8) is 0 Å². The summed E-state index contributed by atoms with van der Waals surface area (Å²) in [7, 11) is 4.07. The number of thioether (sulfide) groups is 1. The lowest BCUT2D eigenvalue weighted by Gasteiger charge is -2.13. The molecule has 4 rings (SSSR count). The molecular formula is C22H22ClN5S2. The zero-order valence-corrected chi connectivity index (χ0v) is 19.4. The third kappa shape index (κ3) is 4.38. The Balaban J connectivity index is 1.53. The van der Waals surface area contributed by atoms with Gasteiger partial charge in [-0.3, -0.25) is 0 Å². The Kier molecular flexibility index (Phi) is 6.41. The Morgan fingerprint density at radius 3 is 2.70 bits per heavy atom. The molecular weight excluding hydrogens is 434 g/mol. The van der Waals surface area contributed by atoms with Gasteiger partial charge < -0.3 is 9.47 Å². The van der Waals surface area contributed by atoms with Crippen molar-refractivity contribution < 1.29 is 0 Å². The second kappa shape index (κ2) is 9.20. The summed E-state index contributed by atoms with van der Waals surface area (Å²) in [6.07, 6.45) is 0. The molecule has 4 aromatic rings. The molecule has 0 aliphatic carbocycles. The molecule has 0 saturated carbocycles. The highest BCUT2D eigenvalue weighted by atomic mass is 35.5. The number of rotatable bonds is 7. The molecule has 2 aromatic heterocycles. The normalized spacial score (nSPS) is 11.1. The first-order valence-electron chi connectivity index (χ1n) is 9.60. The fourth-order valence-corrected chi connectivity index (χ4v) is 5.23. The molecule has 0 bridgehead atoms. The lowest BCUT2D eigenvalue weighted by Crippen LogP contribution is -2.08. The van der Waals surface area contributed by atoms with Gasteiger partial charge >= 0.3 is 0 Å². The molecule has 0 unspecified atom stereocenters. The summed E-state index contributed by atoms with van der Waals surface area (Å²) in [5, 5.41) is 13.6. The number of halogens is 1. The van der Waals surface area contributed by atoms with Gasteiger partial charge in [-0.25, -0.2) is 4.98 Å². The quantitative estimate of drug-likeness (QED) is 0.315. The first-order valence-corrected chi connectivity index (χ1v) is 11.8. The molecule has 154 valence electrons. The minimum atomic E-state index is 0.723. The number of nitrogens with zero attached hydrogens (tertiary/aromatic N) is 5. The van der Waals surface area contributed by atoms with E-state index in [1.807, 2.05) is 38.4 Å². The third-order valence-corrected chi connectivity index (χ3v) is 6.91. The summed E-state index contributed by atoms with van der Waals surface area (Å²) in [4.78, 5) is 6.85. The fourth-order valence-electron chi connectivity index (χ4n) is 3.09. The lowest BCUT2D eigenvalue weighted by molar-refractivity contribution is 0.687. The Labute approximate surface area is 189 Å². The second-order valence-electron chi connectivity index (χ2n) is 6.91. The molecule has 0 amide bonds. The summed E-state index contributed by atoms with van der Waals surface area (Å²) in [6.45, 7) is 2.92. The van der Waals surface area contributed by atoms with E-state index in [-0.39, 0.29) is 0 Å². The summed E-state index contributed by atoms with van der Waals surface area (Å²) in [5.74, 6) is 1.62. The molecule has 2 heterocycles. The van der Waals surface area contributed by atoms with Crippen molar-refractivity contribution in [2.45, 2.75) is 24.4 Å². The summed E-state index contributed by atoms with van der Waals surface area (Å²) in [5.41, 5.74) is 4.20. The molecule has 5 nitrogen and oxygen atoms in total. The zero-order valence-electron chi connectivity index (χ0n) is 17.0. The van der Waals surface area contributed by atoms with Crippen LogP contribution in [0, 0.1) is 0 Å². The van der Waals surface area contributed by atoms with E-state index in [1.165, 1.54) is 0 Å². The number of hydrogen-bond acceptors (Lipinski definition) is 6. The molecule has 0 fully saturated rings. The predicted molar refractivity (Wildman–Crippen MR) is 128 cm³/mol. The fraction of sp³-hybridized carbons (Fsp3) is 0.227. The minimum absolute atomic E-state index is 0.723. The average molecular weight is 456 g/mol. The molecule has 30 heavy (non-hydrogen) atoms. The molecule has 0 aliphatic rings. The lowest BCUT2D eigenvalue weighted by atomic mass is 10.2. The van der Waals surface area contributed by atoms with E-state index in [4.69, 9.17) is 16.6 Å². The van der Waals surface area contributed by atoms with Crippen LogP contribution in [0.4, 0.5) is 5.69 Å². The van der Waals surface area contributed by atoms with Gasteiger partial charge in [0.25, 0.3) is 0 Å². The molecule has 0 saturated heterocycles. The maximum Gasteiger partial charge on any atom is 0.191 e. The van der Waals surface area contributed by atoms with Gasteiger partial charge in [-0.15, -0.1) is 21.5 Å². The van der Waals surface area contributed by atoms with Crippen LogP contribution < -0.4 is 4.90 Å². The minimum Gasteiger partial charge on any atom is -0.378 e. The second-order valence-corrected chi connectivity index (χ2v) is 9.12. The van der Waals surface area contributed by atoms with E-state index in [9.17, 15) is 0 Å². The highest BCUT2D eigenvalue weighted by Crippen LogP contribution is 2.32. The molecule has 8 heteroatoms. The summed E-state index contributed by atoms with van der Waals surface area (Å²) < 4.78 is 2.15. The molecule has 0 spiro atoms. The van der Waals surface area contributed by atoms with Crippen molar-refractivity contribution in [3.8, 4) is 22.0 Å².